The van der Waals surface area contributed by atoms with Crippen LogP contribution >= 0.6 is 0 Å². The minimum absolute atomic E-state index is 0.314. The van der Waals surface area contributed by atoms with Gasteiger partial charge in [-0.15, -0.1) is 0 Å². The number of amides is 1. The minimum atomic E-state index is -4.56. The van der Waals surface area contributed by atoms with E-state index in [4.69, 9.17) is 9.84 Å². The van der Waals surface area contributed by atoms with E-state index in [2.05, 4.69) is 5.10 Å². The third-order valence-electron chi connectivity index (χ3n) is 3.19. The van der Waals surface area contributed by atoms with Gasteiger partial charge in [-0.3, -0.25) is 9.48 Å². The number of halogens is 3. The fraction of sp³-hybridized carbons (Fsp3) is 0.267. The number of rotatable bonds is 6. The number of ether oxygens (including phenoxy) is 1. The Morgan fingerprint density at radius 1 is 1.24 bits per heavy atom. The highest BCUT2D eigenvalue weighted by Crippen LogP contribution is 2.27. The number of nitrogens with zero attached hydrogens (tertiary/aromatic N) is 3. The standard InChI is InChI=1S/C15H14F3N3O4/c1-20(10-2-4-11(5-3-10)25-9-14(23)24)13(22)8-21-7-6-12(19-21)15(16,17)18/h2-7H,8-9H2,1H3,(H,23,24). The van der Waals surface area contributed by atoms with Gasteiger partial charge in [-0.05, 0) is 30.3 Å². The summed E-state index contributed by atoms with van der Waals surface area (Å²) in [6, 6.07) is 6.82. The van der Waals surface area contributed by atoms with E-state index in [1.807, 2.05) is 0 Å². The first-order valence-corrected chi connectivity index (χ1v) is 6.98. The highest BCUT2D eigenvalue weighted by Gasteiger charge is 2.33. The summed E-state index contributed by atoms with van der Waals surface area (Å²) in [5.41, 5.74) is -0.598. The molecular weight excluding hydrogens is 343 g/mol. The van der Waals surface area contributed by atoms with Crippen molar-refractivity contribution in [3.8, 4) is 5.75 Å². The number of benzene rings is 1. The second-order valence-electron chi connectivity index (χ2n) is 5.03. The highest BCUT2D eigenvalue weighted by molar-refractivity contribution is 5.92. The van der Waals surface area contributed by atoms with Crippen molar-refractivity contribution >= 4 is 17.6 Å². The molecule has 0 unspecified atom stereocenters. The fourth-order valence-corrected chi connectivity index (χ4v) is 1.90. The van der Waals surface area contributed by atoms with E-state index in [1.165, 1.54) is 36.2 Å². The van der Waals surface area contributed by atoms with Crippen LogP contribution in [-0.4, -0.2) is 40.4 Å². The molecule has 1 amide bonds. The highest BCUT2D eigenvalue weighted by atomic mass is 19.4. The third kappa shape index (κ3) is 4.96. The summed E-state index contributed by atoms with van der Waals surface area (Å²) in [5, 5.41) is 11.8. The molecular formula is C15H14F3N3O4. The van der Waals surface area contributed by atoms with Crippen LogP contribution in [-0.2, 0) is 22.3 Å². The average molecular weight is 357 g/mol. The molecule has 0 fully saturated rings. The maximum atomic E-state index is 12.5. The van der Waals surface area contributed by atoms with Gasteiger partial charge in [0, 0.05) is 18.9 Å². The molecule has 1 N–H and O–H groups in total. The number of aromatic nitrogens is 2. The summed E-state index contributed by atoms with van der Waals surface area (Å²) in [6.07, 6.45) is -3.48. The quantitative estimate of drug-likeness (QED) is 0.855. The van der Waals surface area contributed by atoms with Crippen LogP contribution in [0.4, 0.5) is 18.9 Å². The molecule has 1 aromatic carbocycles. The number of carbonyl (C=O) groups excluding carboxylic acids is 1. The molecule has 0 atom stereocenters. The van der Waals surface area contributed by atoms with Crippen molar-refractivity contribution in [3.05, 3.63) is 42.2 Å². The first kappa shape index (κ1) is 18.3. The summed E-state index contributed by atoms with van der Waals surface area (Å²) in [7, 11) is 1.46. The van der Waals surface area contributed by atoms with Gasteiger partial charge in [0.25, 0.3) is 0 Å². The summed E-state index contributed by atoms with van der Waals surface area (Å²) in [5.74, 6) is -1.28. The number of hydrogen-bond acceptors (Lipinski definition) is 4. The predicted molar refractivity (Wildman–Crippen MR) is 80.2 cm³/mol. The molecule has 2 rings (SSSR count). The number of carboxylic acids is 1. The zero-order chi connectivity index (χ0) is 18.6. The summed E-state index contributed by atoms with van der Waals surface area (Å²) >= 11 is 0. The molecule has 25 heavy (non-hydrogen) atoms. The van der Waals surface area contributed by atoms with Crippen LogP contribution < -0.4 is 9.64 Å². The van der Waals surface area contributed by atoms with Crippen molar-refractivity contribution in [2.24, 2.45) is 0 Å². The first-order chi connectivity index (χ1) is 11.7. The van der Waals surface area contributed by atoms with Crippen molar-refractivity contribution in [1.29, 1.82) is 0 Å². The molecule has 1 aromatic heterocycles. The average Bonchev–Trinajstić information content (AvgIpc) is 3.01. The fourth-order valence-electron chi connectivity index (χ4n) is 1.90. The lowest BCUT2D eigenvalue weighted by Gasteiger charge is -2.17. The normalized spacial score (nSPS) is 11.2. The molecule has 0 spiro atoms. The van der Waals surface area contributed by atoms with E-state index in [9.17, 15) is 22.8 Å². The lowest BCUT2D eigenvalue weighted by molar-refractivity contribution is -0.142. The number of likely N-dealkylation sites (N-methyl/N-ethyl adjacent to an activating group) is 1. The zero-order valence-corrected chi connectivity index (χ0v) is 13.0. The predicted octanol–water partition coefficient (Wildman–Crippen LogP) is 2.03. The largest absolute Gasteiger partial charge is 0.482 e. The molecule has 1 heterocycles. The van der Waals surface area contributed by atoms with E-state index >= 15 is 0 Å². The van der Waals surface area contributed by atoms with Crippen LogP contribution in [0.5, 0.6) is 5.75 Å². The van der Waals surface area contributed by atoms with Gasteiger partial charge >= 0.3 is 12.1 Å². The molecule has 0 radical (unpaired) electrons. The van der Waals surface area contributed by atoms with Gasteiger partial charge in [0.1, 0.15) is 12.3 Å². The smallest absolute Gasteiger partial charge is 0.435 e. The Hall–Kier alpha value is -3.04. The molecule has 0 bridgehead atoms. The van der Waals surface area contributed by atoms with Gasteiger partial charge in [-0.2, -0.15) is 18.3 Å². The van der Waals surface area contributed by atoms with E-state index in [0.29, 0.717) is 11.4 Å². The van der Waals surface area contributed by atoms with Crippen LogP contribution in [0.25, 0.3) is 0 Å². The number of aliphatic carboxylic acids is 1. The lowest BCUT2D eigenvalue weighted by Crippen LogP contribution is -2.30. The monoisotopic (exact) mass is 357 g/mol. The van der Waals surface area contributed by atoms with Crippen molar-refractivity contribution < 1.29 is 32.6 Å². The van der Waals surface area contributed by atoms with Gasteiger partial charge in [0.15, 0.2) is 12.3 Å². The molecule has 2 aromatic rings. The second kappa shape index (κ2) is 7.24. The Balaban J connectivity index is 1.99. The number of hydrogen-bond donors (Lipinski definition) is 1. The van der Waals surface area contributed by atoms with Crippen molar-refractivity contribution in [2.45, 2.75) is 12.7 Å². The lowest BCUT2D eigenvalue weighted by atomic mass is 10.3. The SMILES string of the molecule is CN(C(=O)Cn1ccc(C(F)(F)F)n1)c1ccc(OCC(=O)O)cc1. The van der Waals surface area contributed by atoms with Gasteiger partial charge < -0.3 is 14.7 Å². The number of alkyl halides is 3. The van der Waals surface area contributed by atoms with Crippen LogP contribution in [0, 0.1) is 0 Å². The number of anilines is 1. The second-order valence-corrected chi connectivity index (χ2v) is 5.03. The molecule has 7 nitrogen and oxygen atoms in total. The topological polar surface area (TPSA) is 84.7 Å². The maximum absolute atomic E-state index is 12.5. The number of carboxylic acid groups (broad SMARTS) is 1. The molecule has 134 valence electrons. The van der Waals surface area contributed by atoms with Crippen molar-refractivity contribution in [3.63, 3.8) is 0 Å². The molecule has 0 aliphatic carbocycles. The first-order valence-electron chi connectivity index (χ1n) is 6.98. The van der Waals surface area contributed by atoms with Crippen LogP contribution in [0.2, 0.25) is 0 Å². The van der Waals surface area contributed by atoms with E-state index in [-0.39, 0.29) is 6.54 Å². The Bertz CT molecular complexity index is 756. The third-order valence-corrected chi connectivity index (χ3v) is 3.19. The van der Waals surface area contributed by atoms with Gasteiger partial charge in [0.2, 0.25) is 5.91 Å². The molecule has 10 heteroatoms. The molecule has 0 saturated carbocycles. The van der Waals surface area contributed by atoms with Crippen molar-refractivity contribution in [2.75, 3.05) is 18.6 Å². The van der Waals surface area contributed by atoms with Gasteiger partial charge in [-0.1, -0.05) is 0 Å². The van der Waals surface area contributed by atoms with Crippen LogP contribution in [0.1, 0.15) is 5.69 Å². The van der Waals surface area contributed by atoms with Crippen LogP contribution in [0.15, 0.2) is 36.5 Å². The summed E-state index contributed by atoms with van der Waals surface area (Å²) in [6.45, 7) is -0.848. The van der Waals surface area contributed by atoms with Gasteiger partial charge in [-0.25, -0.2) is 4.79 Å². The molecule has 0 aliphatic rings. The summed E-state index contributed by atoms with van der Waals surface area (Å²) in [4.78, 5) is 23.8. The van der Waals surface area contributed by atoms with Crippen molar-refractivity contribution in [1.82, 2.24) is 9.78 Å². The zero-order valence-electron chi connectivity index (χ0n) is 13.0. The summed E-state index contributed by atoms with van der Waals surface area (Å²) < 4.78 is 43.4. The van der Waals surface area contributed by atoms with E-state index in [1.54, 1.807) is 0 Å². The number of carbonyl (C=O) groups is 2. The van der Waals surface area contributed by atoms with E-state index in [0.717, 1.165) is 16.9 Å². The Labute approximate surface area is 140 Å². The minimum Gasteiger partial charge on any atom is -0.482 e. The maximum Gasteiger partial charge on any atom is 0.435 e. The Kier molecular flexibility index (Phi) is 5.30. The van der Waals surface area contributed by atoms with Gasteiger partial charge in [0.05, 0.1) is 0 Å². The molecule has 0 aliphatic heterocycles. The van der Waals surface area contributed by atoms with E-state index < -0.39 is 30.4 Å². The Morgan fingerprint density at radius 2 is 1.88 bits per heavy atom. The molecule has 0 saturated heterocycles. The Morgan fingerprint density at radius 3 is 2.40 bits per heavy atom. The van der Waals surface area contributed by atoms with Crippen LogP contribution in [0.3, 0.4) is 0 Å².